The molecular formula is C13H9F3O3S. The number of hydrogen-bond acceptors (Lipinski definition) is 3. The van der Waals surface area contributed by atoms with Gasteiger partial charge in [0.05, 0.1) is 0 Å². The highest BCUT2D eigenvalue weighted by atomic mass is 32.2. The molecule has 2 rings (SSSR count). The van der Waals surface area contributed by atoms with Gasteiger partial charge in [0, 0.05) is 6.07 Å². The third-order valence-electron chi connectivity index (χ3n) is 2.35. The molecule has 0 aliphatic rings. The Morgan fingerprint density at radius 2 is 1.70 bits per heavy atom. The summed E-state index contributed by atoms with van der Waals surface area (Å²) in [4.78, 5) is 0. The lowest BCUT2D eigenvalue weighted by atomic mass is 10.2. The summed E-state index contributed by atoms with van der Waals surface area (Å²) in [5, 5.41) is 0. The summed E-state index contributed by atoms with van der Waals surface area (Å²) < 4.78 is 66.6. The fraction of sp³-hybridized carbons (Fsp3) is 0.0769. The molecule has 0 aromatic heterocycles. The normalized spacial score (nSPS) is 11.3. The van der Waals surface area contributed by atoms with E-state index in [1.54, 1.807) is 0 Å². The quantitative estimate of drug-likeness (QED) is 0.815. The zero-order valence-electron chi connectivity index (χ0n) is 10.0. The van der Waals surface area contributed by atoms with Crippen LogP contribution in [0.25, 0.3) is 0 Å². The van der Waals surface area contributed by atoms with Crippen LogP contribution in [0.4, 0.5) is 13.2 Å². The summed E-state index contributed by atoms with van der Waals surface area (Å²) in [5.74, 6) is -3.84. The van der Waals surface area contributed by atoms with Crippen molar-refractivity contribution in [1.82, 2.24) is 0 Å². The molecule has 0 unspecified atom stereocenters. The van der Waals surface area contributed by atoms with Gasteiger partial charge in [0.1, 0.15) is 17.3 Å². The Bertz CT molecular complexity index is 729. The van der Waals surface area contributed by atoms with Gasteiger partial charge in [0.25, 0.3) is 0 Å². The minimum atomic E-state index is -4.09. The summed E-state index contributed by atoms with van der Waals surface area (Å²) >= 11 is 0. The van der Waals surface area contributed by atoms with Crippen molar-refractivity contribution in [2.24, 2.45) is 0 Å². The molecule has 0 spiro atoms. The van der Waals surface area contributed by atoms with Crippen molar-refractivity contribution in [3.63, 3.8) is 0 Å². The summed E-state index contributed by atoms with van der Waals surface area (Å²) in [6, 6.07) is 7.35. The third kappa shape index (κ3) is 3.74. The van der Waals surface area contributed by atoms with Crippen molar-refractivity contribution in [3.8, 4) is 5.75 Å². The molecule has 0 aliphatic heterocycles. The van der Waals surface area contributed by atoms with Crippen LogP contribution >= 0.6 is 0 Å². The smallest absolute Gasteiger partial charge is 0.313 e. The molecule has 0 fully saturated rings. The van der Waals surface area contributed by atoms with Crippen molar-refractivity contribution < 1.29 is 25.8 Å². The first-order valence-electron chi connectivity index (χ1n) is 5.47. The lowest BCUT2D eigenvalue weighted by Gasteiger charge is -2.07. The van der Waals surface area contributed by atoms with Crippen LogP contribution in [0.1, 0.15) is 5.56 Å². The Kier molecular flexibility index (Phi) is 3.99. The van der Waals surface area contributed by atoms with Crippen LogP contribution in [-0.4, -0.2) is 8.42 Å². The van der Waals surface area contributed by atoms with Gasteiger partial charge in [-0.25, -0.2) is 13.2 Å². The van der Waals surface area contributed by atoms with Crippen LogP contribution in [0.2, 0.25) is 0 Å². The maximum atomic E-state index is 12.9. The lowest BCUT2D eigenvalue weighted by Crippen LogP contribution is -2.12. The Morgan fingerprint density at radius 3 is 2.35 bits per heavy atom. The zero-order valence-corrected chi connectivity index (χ0v) is 10.8. The molecule has 7 heteroatoms. The van der Waals surface area contributed by atoms with Gasteiger partial charge in [0.15, 0.2) is 11.6 Å². The van der Waals surface area contributed by atoms with E-state index in [9.17, 15) is 21.6 Å². The first-order valence-corrected chi connectivity index (χ1v) is 7.05. The van der Waals surface area contributed by atoms with E-state index in [-0.39, 0.29) is 11.3 Å². The molecule has 0 bridgehead atoms. The average molecular weight is 302 g/mol. The molecule has 2 aromatic carbocycles. The highest BCUT2D eigenvalue weighted by Crippen LogP contribution is 2.19. The van der Waals surface area contributed by atoms with Gasteiger partial charge in [-0.1, -0.05) is 12.1 Å². The fourth-order valence-corrected chi connectivity index (χ4v) is 2.58. The Balaban J connectivity index is 2.17. The molecule has 0 amide bonds. The molecule has 0 radical (unpaired) electrons. The Hall–Kier alpha value is -2.02. The molecule has 20 heavy (non-hydrogen) atoms. The molecule has 0 aliphatic carbocycles. The molecule has 0 saturated carbocycles. The molecule has 106 valence electrons. The standard InChI is InChI=1S/C13H9F3O3S/c14-10-3-1-2-9(6-10)8-20(17,18)19-11-4-5-12(15)13(16)7-11/h1-7H,8H2. The van der Waals surface area contributed by atoms with Crippen LogP contribution in [0, 0.1) is 17.5 Å². The van der Waals surface area contributed by atoms with E-state index in [1.807, 2.05) is 0 Å². The largest absolute Gasteiger partial charge is 0.382 e. The lowest BCUT2D eigenvalue weighted by molar-refractivity contribution is 0.471. The minimum absolute atomic E-state index is 0.188. The highest BCUT2D eigenvalue weighted by molar-refractivity contribution is 7.86. The number of benzene rings is 2. The van der Waals surface area contributed by atoms with Gasteiger partial charge in [-0.05, 0) is 29.8 Å². The van der Waals surface area contributed by atoms with Crippen molar-refractivity contribution >= 4 is 10.1 Å². The molecule has 0 atom stereocenters. The fourth-order valence-electron chi connectivity index (χ4n) is 1.54. The van der Waals surface area contributed by atoms with Gasteiger partial charge in [0.2, 0.25) is 0 Å². The van der Waals surface area contributed by atoms with E-state index in [4.69, 9.17) is 0 Å². The van der Waals surface area contributed by atoms with E-state index < -0.39 is 33.3 Å². The van der Waals surface area contributed by atoms with Crippen molar-refractivity contribution in [3.05, 3.63) is 65.5 Å². The number of hydrogen-bond donors (Lipinski definition) is 0. The van der Waals surface area contributed by atoms with Crippen molar-refractivity contribution in [2.75, 3.05) is 0 Å². The van der Waals surface area contributed by atoms with Crippen LogP contribution in [-0.2, 0) is 15.9 Å². The first-order chi connectivity index (χ1) is 9.35. The Morgan fingerprint density at radius 1 is 0.950 bits per heavy atom. The number of halogens is 3. The molecular weight excluding hydrogens is 293 g/mol. The predicted octanol–water partition coefficient (Wildman–Crippen LogP) is 3.01. The van der Waals surface area contributed by atoms with Gasteiger partial charge >= 0.3 is 10.1 Å². The van der Waals surface area contributed by atoms with E-state index in [0.29, 0.717) is 6.07 Å². The summed E-state index contributed by atoms with van der Waals surface area (Å²) in [7, 11) is -4.09. The van der Waals surface area contributed by atoms with Gasteiger partial charge in [-0.15, -0.1) is 0 Å². The van der Waals surface area contributed by atoms with E-state index in [1.165, 1.54) is 18.2 Å². The SMILES string of the molecule is O=S(=O)(Cc1cccc(F)c1)Oc1ccc(F)c(F)c1. The predicted molar refractivity (Wildman–Crippen MR) is 66.0 cm³/mol. The second-order valence-corrected chi connectivity index (χ2v) is 5.56. The van der Waals surface area contributed by atoms with E-state index in [2.05, 4.69) is 4.18 Å². The molecule has 2 aromatic rings. The second kappa shape index (κ2) is 5.54. The van der Waals surface area contributed by atoms with Crippen LogP contribution in [0.15, 0.2) is 42.5 Å². The average Bonchev–Trinajstić information content (AvgIpc) is 2.33. The monoisotopic (exact) mass is 302 g/mol. The summed E-state index contributed by atoms with van der Waals surface area (Å²) in [6.45, 7) is 0. The van der Waals surface area contributed by atoms with Crippen molar-refractivity contribution in [1.29, 1.82) is 0 Å². The molecule has 0 heterocycles. The summed E-state index contributed by atoms with van der Waals surface area (Å²) in [5.41, 5.74) is 0.188. The Labute approximate surface area is 113 Å². The zero-order chi connectivity index (χ0) is 14.8. The van der Waals surface area contributed by atoms with Gasteiger partial charge in [-0.2, -0.15) is 8.42 Å². The molecule has 0 saturated heterocycles. The third-order valence-corrected chi connectivity index (χ3v) is 3.48. The van der Waals surface area contributed by atoms with Gasteiger partial charge < -0.3 is 4.18 Å². The van der Waals surface area contributed by atoms with Crippen molar-refractivity contribution in [2.45, 2.75) is 5.75 Å². The first kappa shape index (κ1) is 14.4. The molecule has 0 N–H and O–H groups in total. The van der Waals surface area contributed by atoms with Gasteiger partial charge in [-0.3, -0.25) is 0 Å². The number of rotatable bonds is 4. The van der Waals surface area contributed by atoms with E-state index in [0.717, 1.165) is 18.2 Å². The van der Waals surface area contributed by atoms with E-state index >= 15 is 0 Å². The van der Waals surface area contributed by atoms with Crippen LogP contribution in [0.3, 0.4) is 0 Å². The second-order valence-electron chi connectivity index (χ2n) is 3.99. The summed E-state index contributed by atoms with van der Waals surface area (Å²) in [6.07, 6.45) is 0. The topological polar surface area (TPSA) is 43.4 Å². The molecule has 3 nitrogen and oxygen atoms in total. The maximum absolute atomic E-state index is 12.9. The maximum Gasteiger partial charge on any atom is 0.313 e. The highest BCUT2D eigenvalue weighted by Gasteiger charge is 2.15. The van der Waals surface area contributed by atoms with Crippen LogP contribution < -0.4 is 4.18 Å². The van der Waals surface area contributed by atoms with Crippen LogP contribution in [0.5, 0.6) is 5.75 Å². The minimum Gasteiger partial charge on any atom is -0.382 e.